The maximum absolute atomic E-state index is 11.9. The van der Waals surface area contributed by atoms with Gasteiger partial charge >= 0.3 is 6.03 Å². The summed E-state index contributed by atoms with van der Waals surface area (Å²) >= 11 is 0. The van der Waals surface area contributed by atoms with Gasteiger partial charge < -0.3 is 21.1 Å². The van der Waals surface area contributed by atoms with Crippen molar-refractivity contribution in [3.05, 3.63) is 35.4 Å². The second-order valence-corrected chi connectivity index (χ2v) is 6.34. The summed E-state index contributed by atoms with van der Waals surface area (Å²) in [5.74, 6) is -0.266. The molecule has 2 rings (SSSR count). The van der Waals surface area contributed by atoms with E-state index in [9.17, 15) is 9.59 Å². The number of hydrogen-bond acceptors (Lipinski definition) is 3. The predicted molar refractivity (Wildman–Crippen MR) is 92.1 cm³/mol. The standard InChI is InChI=1S/C18H27N3O3/c1-13(21-18(19)23)17(22)20-11-14-6-5-7-15(10-14)12-24-16-8-3-2-4-9-16/h5-7,10,13,16H,2-4,8-9,11-12H2,1H3,(H,20,22)(H3,19,21,23)/t13-/m1/s1. The Kier molecular flexibility index (Phi) is 7.06. The van der Waals surface area contributed by atoms with E-state index in [1.165, 1.54) is 19.3 Å². The van der Waals surface area contributed by atoms with Crippen LogP contribution in [-0.4, -0.2) is 24.1 Å². The fraction of sp³-hybridized carbons (Fsp3) is 0.556. The van der Waals surface area contributed by atoms with E-state index in [1.807, 2.05) is 24.3 Å². The number of hydrogen-bond donors (Lipinski definition) is 3. The summed E-state index contributed by atoms with van der Waals surface area (Å²) in [6, 6.07) is 6.63. The lowest BCUT2D eigenvalue weighted by Gasteiger charge is -2.22. The molecule has 0 spiro atoms. The van der Waals surface area contributed by atoms with Crippen LogP contribution in [0.2, 0.25) is 0 Å². The molecular formula is C18H27N3O3. The molecular weight excluding hydrogens is 306 g/mol. The summed E-state index contributed by atoms with van der Waals surface area (Å²) in [5, 5.41) is 5.14. The van der Waals surface area contributed by atoms with Crippen LogP contribution in [0, 0.1) is 0 Å². The third kappa shape index (κ3) is 6.20. The summed E-state index contributed by atoms with van der Waals surface area (Å²) < 4.78 is 5.98. The van der Waals surface area contributed by atoms with Crippen LogP contribution in [0.5, 0.6) is 0 Å². The number of carbonyl (C=O) groups excluding carboxylic acids is 2. The van der Waals surface area contributed by atoms with E-state index in [2.05, 4.69) is 10.6 Å². The van der Waals surface area contributed by atoms with Crippen molar-refractivity contribution in [2.24, 2.45) is 5.73 Å². The number of primary amides is 1. The van der Waals surface area contributed by atoms with Gasteiger partial charge in [0.05, 0.1) is 12.7 Å². The molecule has 1 aliphatic carbocycles. The Morgan fingerprint density at radius 1 is 1.25 bits per heavy atom. The van der Waals surface area contributed by atoms with Crippen molar-refractivity contribution in [1.82, 2.24) is 10.6 Å². The molecule has 0 aliphatic heterocycles. The molecule has 1 saturated carbocycles. The van der Waals surface area contributed by atoms with Crippen LogP contribution >= 0.6 is 0 Å². The van der Waals surface area contributed by atoms with Crippen LogP contribution in [-0.2, 0) is 22.7 Å². The Balaban J connectivity index is 1.79. The Morgan fingerprint density at radius 2 is 1.96 bits per heavy atom. The lowest BCUT2D eigenvalue weighted by atomic mass is 9.98. The molecule has 1 atom stereocenters. The average Bonchev–Trinajstić information content (AvgIpc) is 2.58. The van der Waals surface area contributed by atoms with Gasteiger partial charge in [-0.1, -0.05) is 43.5 Å². The maximum Gasteiger partial charge on any atom is 0.312 e. The first-order chi connectivity index (χ1) is 11.5. The summed E-state index contributed by atoms with van der Waals surface area (Å²) in [4.78, 5) is 22.6. The molecule has 6 nitrogen and oxygen atoms in total. The fourth-order valence-corrected chi connectivity index (χ4v) is 2.90. The van der Waals surface area contributed by atoms with Crippen molar-refractivity contribution in [3.63, 3.8) is 0 Å². The third-order valence-corrected chi connectivity index (χ3v) is 4.25. The van der Waals surface area contributed by atoms with Crippen molar-refractivity contribution in [3.8, 4) is 0 Å². The largest absolute Gasteiger partial charge is 0.374 e. The number of ether oxygens (including phenoxy) is 1. The molecule has 1 fully saturated rings. The van der Waals surface area contributed by atoms with E-state index in [0.29, 0.717) is 19.3 Å². The number of rotatable bonds is 7. The van der Waals surface area contributed by atoms with Crippen molar-refractivity contribution in [2.75, 3.05) is 0 Å². The van der Waals surface area contributed by atoms with Crippen LogP contribution in [0.3, 0.4) is 0 Å². The molecule has 0 bridgehead atoms. The fourth-order valence-electron chi connectivity index (χ4n) is 2.90. The van der Waals surface area contributed by atoms with Gasteiger partial charge in [0.25, 0.3) is 0 Å². The van der Waals surface area contributed by atoms with Crippen LogP contribution in [0.15, 0.2) is 24.3 Å². The van der Waals surface area contributed by atoms with E-state index >= 15 is 0 Å². The Morgan fingerprint density at radius 3 is 2.67 bits per heavy atom. The highest BCUT2D eigenvalue weighted by atomic mass is 16.5. The van der Waals surface area contributed by atoms with Crippen LogP contribution in [0.1, 0.15) is 50.2 Å². The van der Waals surface area contributed by atoms with Crippen molar-refractivity contribution in [2.45, 2.75) is 64.3 Å². The van der Waals surface area contributed by atoms with Crippen molar-refractivity contribution in [1.29, 1.82) is 0 Å². The normalized spacial score (nSPS) is 16.4. The first-order valence-electron chi connectivity index (χ1n) is 8.57. The Bertz CT molecular complexity index is 556. The quantitative estimate of drug-likeness (QED) is 0.714. The minimum Gasteiger partial charge on any atom is -0.374 e. The van der Waals surface area contributed by atoms with Gasteiger partial charge in [-0.05, 0) is 30.9 Å². The first-order valence-corrected chi connectivity index (χ1v) is 8.57. The molecule has 6 heteroatoms. The zero-order valence-corrected chi connectivity index (χ0v) is 14.2. The zero-order valence-electron chi connectivity index (χ0n) is 14.2. The van der Waals surface area contributed by atoms with E-state index in [-0.39, 0.29) is 5.91 Å². The zero-order chi connectivity index (χ0) is 17.4. The molecule has 1 aromatic carbocycles. The summed E-state index contributed by atoms with van der Waals surface area (Å²) in [7, 11) is 0. The molecule has 1 aromatic rings. The summed E-state index contributed by atoms with van der Waals surface area (Å²) in [6.07, 6.45) is 6.52. The molecule has 0 unspecified atom stereocenters. The highest BCUT2D eigenvalue weighted by Crippen LogP contribution is 2.21. The van der Waals surface area contributed by atoms with Gasteiger partial charge in [-0.15, -0.1) is 0 Å². The van der Waals surface area contributed by atoms with Crippen LogP contribution < -0.4 is 16.4 Å². The van der Waals surface area contributed by atoms with Crippen LogP contribution in [0.4, 0.5) is 4.79 Å². The smallest absolute Gasteiger partial charge is 0.312 e. The number of urea groups is 1. The van der Waals surface area contributed by atoms with Crippen molar-refractivity contribution >= 4 is 11.9 Å². The highest BCUT2D eigenvalue weighted by Gasteiger charge is 2.14. The molecule has 0 heterocycles. The molecule has 3 amide bonds. The average molecular weight is 333 g/mol. The monoisotopic (exact) mass is 333 g/mol. The van der Waals surface area contributed by atoms with Gasteiger partial charge in [0.15, 0.2) is 0 Å². The van der Waals surface area contributed by atoms with Gasteiger partial charge in [-0.2, -0.15) is 0 Å². The number of nitrogens with one attached hydrogen (secondary N) is 2. The lowest BCUT2D eigenvalue weighted by Crippen LogP contribution is -2.46. The first kappa shape index (κ1) is 18.3. The molecule has 24 heavy (non-hydrogen) atoms. The van der Waals surface area contributed by atoms with Gasteiger partial charge in [-0.3, -0.25) is 4.79 Å². The number of benzene rings is 1. The highest BCUT2D eigenvalue weighted by molar-refractivity contribution is 5.86. The molecule has 132 valence electrons. The molecule has 0 aromatic heterocycles. The topological polar surface area (TPSA) is 93.5 Å². The van der Waals surface area contributed by atoms with E-state index < -0.39 is 12.1 Å². The van der Waals surface area contributed by atoms with Crippen LogP contribution in [0.25, 0.3) is 0 Å². The molecule has 0 saturated heterocycles. The van der Waals surface area contributed by atoms with E-state index in [0.717, 1.165) is 24.0 Å². The number of amides is 3. The lowest BCUT2D eigenvalue weighted by molar-refractivity contribution is -0.122. The predicted octanol–water partition coefficient (Wildman–Crippen LogP) is 2.21. The summed E-state index contributed by atoms with van der Waals surface area (Å²) in [6.45, 7) is 2.60. The Labute approximate surface area is 143 Å². The second kappa shape index (κ2) is 9.27. The van der Waals surface area contributed by atoms with Gasteiger partial charge in [0.2, 0.25) is 5.91 Å². The van der Waals surface area contributed by atoms with E-state index in [1.54, 1.807) is 6.92 Å². The second-order valence-electron chi connectivity index (χ2n) is 6.34. The maximum atomic E-state index is 11.9. The van der Waals surface area contributed by atoms with Gasteiger partial charge in [0, 0.05) is 6.54 Å². The molecule has 0 radical (unpaired) electrons. The minimum atomic E-state index is -0.709. The van der Waals surface area contributed by atoms with Crippen molar-refractivity contribution < 1.29 is 14.3 Å². The number of carbonyl (C=O) groups is 2. The molecule has 1 aliphatic rings. The third-order valence-electron chi connectivity index (χ3n) is 4.25. The van der Waals surface area contributed by atoms with Gasteiger partial charge in [0.1, 0.15) is 6.04 Å². The Hall–Kier alpha value is -2.08. The molecule has 4 N–H and O–H groups in total. The summed E-state index contributed by atoms with van der Waals surface area (Å²) in [5.41, 5.74) is 7.12. The van der Waals surface area contributed by atoms with Gasteiger partial charge in [-0.25, -0.2) is 4.79 Å². The minimum absolute atomic E-state index is 0.266. The SMILES string of the molecule is C[C@@H](NC(N)=O)C(=O)NCc1cccc(COC2CCCCC2)c1. The van der Waals surface area contributed by atoms with E-state index in [4.69, 9.17) is 10.5 Å². The number of nitrogens with two attached hydrogens (primary N) is 1.